The van der Waals surface area contributed by atoms with Gasteiger partial charge in [-0.3, -0.25) is 14.6 Å². The van der Waals surface area contributed by atoms with Crippen molar-refractivity contribution in [3.63, 3.8) is 0 Å². The predicted molar refractivity (Wildman–Crippen MR) is 157 cm³/mol. The molecule has 0 radical (unpaired) electrons. The summed E-state index contributed by atoms with van der Waals surface area (Å²) in [4.78, 5) is 29.4. The van der Waals surface area contributed by atoms with Gasteiger partial charge in [0.05, 0.1) is 38.5 Å². The fourth-order valence-electron chi connectivity index (χ4n) is 4.10. The summed E-state index contributed by atoms with van der Waals surface area (Å²) >= 11 is 0.871. The minimum absolute atomic E-state index is 0. The van der Waals surface area contributed by atoms with Gasteiger partial charge >= 0.3 is 59.1 Å². The van der Waals surface area contributed by atoms with Gasteiger partial charge in [-0.25, -0.2) is 8.42 Å². The van der Waals surface area contributed by atoms with Crippen LogP contribution in [0.5, 0.6) is 0 Å². The molecule has 0 aliphatic rings. The van der Waals surface area contributed by atoms with Crippen LogP contribution in [0.4, 0.5) is 11.4 Å². The standard InChI is InChI=1S/C27H32N2O8S2.CH4.2Na/c1-3-28(15-5-6-16-39(33,34)35)22-11-7-20(8-12-22)17-24-26(30)25(27(24)31)18-21-9-13-23(14-10-21)29(4-2)19-38-37-36-32;;;/h7-14,17-18,32H,3-6,15-16,19H2,1-2H3,(H,33,34,35);1H4;;/q;;2*+1/p-2. The zero-order chi connectivity index (χ0) is 28.4. The summed E-state index contributed by atoms with van der Waals surface area (Å²) in [5, 5.41) is 13.6. The van der Waals surface area contributed by atoms with E-state index in [4.69, 9.17) is 0 Å². The topological polar surface area (TPSA) is 139 Å². The molecule has 42 heavy (non-hydrogen) atoms. The van der Waals surface area contributed by atoms with Crippen molar-refractivity contribution in [1.29, 1.82) is 0 Å². The Balaban J connectivity index is 0.00000560. The van der Waals surface area contributed by atoms with Crippen LogP contribution in [0.2, 0.25) is 0 Å². The van der Waals surface area contributed by atoms with Gasteiger partial charge in [0, 0.05) is 36.8 Å². The summed E-state index contributed by atoms with van der Waals surface area (Å²) in [6.45, 7) is 5.92. The fourth-order valence-corrected chi connectivity index (χ4v) is 5.20. The van der Waals surface area contributed by atoms with Gasteiger partial charge in [-0.2, -0.15) is 4.33 Å². The normalized spacial score (nSPS) is 10.7. The SMILES string of the molecule is C.CCN(CCCCS(=O)(=O)[O-])c1ccc(C=c2c(=O)c(=Cc3ccc(N(CC)CSOO[O-])cc3)c2=O)cc1.[Na+].[Na+]. The van der Waals surface area contributed by atoms with Crippen LogP contribution < -0.4 is 95.5 Å². The maximum atomic E-state index is 12.7. The van der Waals surface area contributed by atoms with Crippen LogP contribution in [0.3, 0.4) is 0 Å². The molecule has 0 fully saturated rings. The molecule has 3 aromatic rings. The van der Waals surface area contributed by atoms with E-state index in [1.807, 2.05) is 55.1 Å². The fraction of sp³-hybridized carbons (Fsp3) is 0.357. The molecular formula is C28H34N2Na2O8S2. The monoisotopic (exact) mass is 636 g/mol. The van der Waals surface area contributed by atoms with Gasteiger partial charge < -0.3 is 19.6 Å². The molecule has 10 nitrogen and oxygen atoms in total. The van der Waals surface area contributed by atoms with E-state index in [1.165, 1.54) is 0 Å². The van der Waals surface area contributed by atoms with Crippen LogP contribution in [0, 0.1) is 0 Å². The summed E-state index contributed by atoms with van der Waals surface area (Å²) in [5.41, 5.74) is 2.63. The van der Waals surface area contributed by atoms with Crippen molar-refractivity contribution < 1.29 is 86.7 Å². The molecule has 0 aromatic heterocycles. The molecule has 0 heterocycles. The van der Waals surface area contributed by atoms with Crippen molar-refractivity contribution in [2.24, 2.45) is 0 Å². The van der Waals surface area contributed by atoms with Crippen LogP contribution in [-0.4, -0.2) is 44.2 Å². The summed E-state index contributed by atoms with van der Waals surface area (Å²) in [6.07, 6.45) is 4.03. The van der Waals surface area contributed by atoms with E-state index in [9.17, 15) is 27.8 Å². The second kappa shape index (κ2) is 20.1. The largest absolute Gasteiger partial charge is 1.00 e. The average Bonchev–Trinajstić information content (AvgIpc) is 2.93. The number of benzene rings is 2. The number of unbranched alkanes of at least 4 members (excludes halogenated alkanes) is 1. The predicted octanol–water partition coefficient (Wildman–Crippen LogP) is -4.61. The van der Waals surface area contributed by atoms with Crippen molar-refractivity contribution >= 4 is 45.7 Å². The number of anilines is 2. The van der Waals surface area contributed by atoms with Gasteiger partial charge in [-0.15, -0.1) is 0 Å². The van der Waals surface area contributed by atoms with Gasteiger partial charge in [0.2, 0.25) is 10.9 Å². The second-order valence-corrected chi connectivity index (χ2v) is 10.9. The van der Waals surface area contributed by atoms with Gasteiger partial charge in [0.25, 0.3) is 0 Å². The van der Waals surface area contributed by atoms with Crippen molar-refractivity contribution in [2.45, 2.75) is 34.1 Å². The molecule has 0 unspecified atom stereocenters. The maximum absolute atomic E-state index is 12.7. The molecule has 3 aromatic carbocycles. The van der Waals surface area contributed by atoms with E-state index in [-0.39, 0.29) is 93.6 Å². The summed E-state index contributed by atoms with van der Waals surface area (Å²) in [6, 6.07) is 14.7. The van der Waals surface area contributed by atoms with E-state index in [0.717, 1.165) is 29.0 Å². The first-order valence-corrected chi connectivity index (χ1v) is 14.9. The van der Waals surface area contributed by atoms with Gasteiger partial charge in [0.1, 0.15) is 0 Å². The molecule has 14 heteroatoms. The minimum atomic E-state index is -4.20. The van der Waals surface area contributed by atoms with Crippen LogP contribution in [0.25, 0.3) is 12.2 Å². The zero-order valence-corrected chi connectivity index (χ0v) is 29.3. The quantitative estimate of drug-likeness (QED) is 0.0303. The Morgan fingerprint density at radius 3 is 1.67 bits per heavy atom. The molecular weight excluding hydrogens is 602 g/mol. The third-order valence-corrected chi connectivity index (χ3v) is 7.59. The van der Waals surface area contributed by atoms with Crippen molar-refractivity contribution in [3.05, 3.63) is 90.5 Å². The summed E-state index contributed by atoms with van der Waals surface area (Å²) < 4.78 is 36.6. The van der Waals surface area contributed by atoms with Gasteiger partial charge in [0.15, 0.2) is 0 Å². The Morgan fingerprint density at radius 2 is 1.26 bits per heavy atom. The van der Waals surface area contributed by atoms with Crippen LogP contribution in [0.15, 0.2) is 58.1 Å². The average molecular weight is 637 g/mol. The maximum Gasteiger partial charge on any atom is 1.00 e. The molecule has 0 bridgehead atoms. The first-order chi connectivity index (χ1) is 18.7. The molecule has 0 spiro atoms. The van der Waals surface area contributed by atoms with E-state index >= 15 is 0 Å². The van der Waals surface area contributed by atoms with Crippen molar-refractivity contribution in [2.75, 3.05) is 41.1 Å². The Bertz CT molecular complexity index is 1490. The van der Waals surface area contributed by atoms with E-state index in [1.54, 1.807) is 24.3 Å². The molecule has 0 atom stereocenters. The summed E-state index contributed by atoms with van der Waals surface area (Å²) in [7, 11) is -4.20. The summed E-state index contributed by atoms with van der Waals surface area (Å²) in [5.74, 6) is 0.0185. The second-order valence-electron chi connectivity index (χ2n) is 8.75. The Hall–Kier alpha value is -1.000. The number of nitrogens with zero attached hydrogens (tertiary/aromatic N) is 2. The zero-order valence-electron chi connectivity index (χ0n) is 23.7. The van der Waals surface area contributed by atoms with Crippen LogP contribution in [0.1, 0.15) is 45.2 Å². The minimum Gasteiger partial charge on any atom is -0.748 e. The third-order valence-electron chi connectivity index (χ3n) is 6.24. The molecule has 0 amide bonds. The van der Waals surface area contributed by atoms with E-state index < -0.39 is 10.1 Å². The molecule has 0 saturated carbocycles. The van der Waals surface area contributed by atoms with E-state index in [0.29, 0.717) is 43.9 Å². The smallest absolute Gasteiger partial charge is 0.748 e. The van der Waals surface area contributed by atoms with E-state index in [2.05, 4.69) is 14.3 Å². The molecule has 0 aliphatic heterocycles. The number of hydrogen-bond acceptors (Lipinski definition) is 11. The van der Waals surface area contributed by atoms with Crippen molar-refractivity contribution in [3.8, 4) is 0 Å². The van der Waals surface area contributed by atoms with Gasteiger partial charge in [-0.1, -0.05) is 31.7 Å². The Morgan fingerprint density at radius 1 is 0.810 bits per heavy atom. The molecule has 218 valence electrons. The Kier molecular flexibility index (Phi) is 19.6. The van der Waals surface area contributed by atoms with Crippen molar-refractivity contribution in [1.82, 2.24) is 0 Å². The molecule has 0 aliphatic carbocycles. The third kappa shape index (κ3) is 12.2. The first-order valence-electron chi connectivity index (χ1n) is 12.4. The van der Waals surface area contributed by atoms with Crippen LogP contribution in [-0.2, 0) is 19.5 Å². The van der Waals surface area contributed by atoms with Gasteiger partial charge in [-0.05, 0) is 74.2 Å². The Labute approximate surface area is 295 Å². The first kappa shape index (κ1) is 41.0. The van der Waals surface area contributed by atoms with Crippen LogP contribution >= 0.6 is 12.0 Å². The molecule has 0 N–H and O–H groups in total. The number of rotatable bonds is 15. The molecule has 0 saturated heterocycles. The molecule has 3 rings (SSSR count). The number of hydrogen-bond donors (Lipinski definition) is 0.